The smallest absolute Gasteiger partial charge is 0.272 e. The molecule has 0 bridgehead atoms. The Bertz CT molecular complexity index is 1100. The van der Waals surface area contributed by atoms with Crippen molar-refractivity contribution in [1.29, 1.82) is 0 Å². The number of carbonyl (C=O) groups excluding carboxylic acids is 2. The number of rotatable bonds is 4. The molecule has 0 radical (unpaired) electrons. The second-order valence-corrected chi connectivity index (χ2v) is 8.11. The van der Waals surface area contributed by atoms with E-state index in [1.807, 2.05) is 67.9 Å². The van der Waals surface area contributed by atoms with Gasteiger partial charge in [0.1, 0.15) is 5.69 Å². The van der Waals surface area contributed by atoms with Crippen molar-refractivity contribution >= 4 is 17.5 Å². The molecule has 160 valence electrons. The third-order valence-electron chi connectivity index (χ3n) is 5.65. The molecule has 1 saturated heterocycles. The minimum Gasteiger partial charge on any atom is -0.337 e. The molecule has 31 heavy (non-hydrogen) atoms. The zero-order valence-corrected chi connectivity index (χ0v) is 18.1. The summed E-state index contributed by atoms with van der Waals surface area (Å²) in [6.07, 6.45) is 1.29. The minimum atomic E-state index is -0.106. The highest BCUT2D eigenvalue weighted by Crippen LogP contribution is 2.22. The van der Waals surface area contributed by atoms with Crippen LogP contribution in [0.4, 0.5) is 5.69 Å². The highest BCUT2D eigenvalue weighted by atomic mass is 16.2. The van der Waals surface area contributed by atoms with Crippen LogP contribution in [0.2, 0.25) is 0 Å². The average molecular weight is 418 g/mol. The van der Waals surface area contributed by atoms with Crippen molar-refractivity contribution in [3.63, 3.8) is 0 Å². The molecule has 7 nitrogen and oxygen atoms in total. The maximum absolute atomic E-state index is 12.7. The third kappa shape index (κ3) is 4.66. The van der Waals surface area contributed by atoms with Crippen LogP contribution in [0.1, 0.15) is 40.4 Å². The standard InChI is InChI=1S/C24H27N5O2/c1-16-5-4-6-22(25-16)24(31)28-13-11-19(12-14-28)23(30)26-20-7-9-21(10-8-20)29-18(3)15-17(2)27-29/h4-10,15,19H,11-14H2,1-3H3,(H,26,30). The summed E-state index contributed by atoms with van der Waals surface area (Å²) in [5.74, 6) is -0.174. The number of carbonyl (C=O) groups is 2. The number of benzene rings is 1. The Kier molecular flexibility index (Phi) is 5.84. The Balaban J connectivity index is 1.33. The second kappa shape index (κ2) is 8.71. The van der Waals surface area contributed by atoms with Crippen LogP contribution >= 0.6 is 0 Å². The first kappa shape index (κ1) is 20.8. The Labute approximate surface area is 182 Å². The second-order valence-electron chi connectivity index (χ2n) is 8.11. The lowest BCUT2D eigenvalue weighted by Gasteiger charge is -2.31. The van der Waals surface area contributed by atoms with Gasteiger partial charge in [0, 0.05) is 36.1 Å². The normalized spacial score (nSPS) is 14.5. The van der Waals surface area contributed by atoms with Crippen molar-refractivity contribution in [2.45, 2.75) is 33.6 Å². The van der Waals surface area contributed by atoms with Gasteiger partial charge in [-0.05, 0) is 76.1 Å². The van der Waals surface area contributed by atoms with Gasteiger partial charge in [-0.2, -0.15) is 5.10 Å². The van der Waals surface area contributed by atoms with E-state index < -0.39 is 0 Å². The van der Waals surface area contributed by atoms with Crippen LogP contribution in [-0.4, -0.2) is 44.6 Å². The average Bonchev–Trinajstić information content (AvgIpc) is 3.11. The van der Waals surface area contributed by atoms with Gasteiger partial charge in [-0.3, -0.25) is 9.59 Å². The van der Waals surface area contributed by atoms with Gasteiger partial charge in [0.05, 0.1) is 11.4 Å². The van der Waals surface area contributed by atoms with E-state index in [1.54, 1.807) is 11.0 Å². The zero-order valence-electron chi connectivity index (χ0n) is 18.1. The van der Waals surface area contributed by atoms with Gasteiger partial charge in [0.15, 0.2) is 0 Å². The van der Waals surface area contributed by atoms with Crippen LogP contribution < -0.4 is 5.32 Å². The lowest BCUT2D eigenvalue weighted by molar-refractivity contribution is -0.121. The number of nitrogens with zero attached hydrogens (tertiary/aromatic N) is 4. The number of likely N-dealkylation sites (tertiary alicyclic amines) is 1. The monoisotopic (exact) mass is 417 g/mol. The van der Waals surface area contributed by atoms with Gasteiger partial charge in [0.25, 0.3) is 5.91 Å². The van der Waals surface area contributed by atoms with Crippen molar-refractivity contribution < 1.29 is 9.59 Å². The van der Waals surface area contributed by atoms with Crippen molar-refractivity contribution in [2.24, 2.45) is 5.92 Å². The molecule has 3 aromatic rings. The molecule has 4 rings (SSSR count). The predicted molar refractivity (Wildman–Crippen MR) is 119 cm³/mol. The molecule has 3 heterocycles. The first-order chi connectivity index (χ1) is 14.9. The molecule has 1 N–H and O–H groups in total. The van der Waals surface area contributed by atoms with E-state index in [1.165, 1.54) is 0 Å². The van der Waals surface area contributed by atoms with E-state index >= 15 is 0 Å². The number of aromatic nitrogens is 3. The number of nitrogens with one attached hydrogen (secondary N) is 1. The predicted octanol–water partition coefficient (Wildman–Crippen LogP) is 3.68. The van der Waals surface area contributed by atoms with E-state index in [9.17, 15) is 9.59 Å². The van der Waals surface area contributed by atoms with Crippen molar-refractivity contribution in [3.8, 4) is 5.69 Å². The Hall–Kier alpha value is -3.48. The molecular formula is C24H27N5O2. The maximum atomic E-state index is 12.7. The van der Waals surface area contributed by atoms with Crippen LogP contribution in [0.15, 0.2) is 48.5 Å². The molecule has 0 unspecified atom stereocenters. The first-order valence-electron chi connectivity index (χ1n) is 10.6. The molecule has 0 spiro atoms. The van der Waals surface area contributed by atoms with Crippen molar-refractivity contribution in [1.82, 2.24) is 19.7 Å². The van der Waals surface area contributed by atoms with E-state index in [4.69, 9.17) is 0 Å². The van der Waals surface area contributed by atoms with Gasteiger partial charge < -0.3 is 10.2 Å². The van der Waals surface area contributed by atoms with Gasteiger partial charge in [-0.25, -0.2) is 9.67 Å². The number of amides is 2. The topological polar surface area (TPSA) is 80.1 Å². The maximum Gasteiger partial charge on any atom is 0.272 e. The summed E-state index contributed by atoms with van der Waals surface area (Å²) < 4.78 is 1.89. The summed E-state index contributed by atoms with van der Waals surface area (Å²) in [4.78, 5) is 31.5. The summed E-state index contributed by atoms with van der Waals surface area (Å²) in [5.41, 5.74) is 5.04. The fraction of sp³-hybridized carbons (Fsp3) is 0.333. The van der Waals surface area contributed by atoms with Crippen molar-refractivity contribution in [2.75, 3.05) is 18.4 Å². The highest BCUT2D eigenvalue weighted by molar-refractivity contribution is 5.94. The van der Waals surface area contributed by atoms with Crippen LogP contribution in [0.25, 0.3) is 5.69 Å². The molecule has 0 atom stereocenters. The van der Waals surface area contributed by atoms with E-state index in [-0.39, 0.29) is 17.7 Å². The number of piperidine rings is 1. The number of pyridine rings is 1. The highest BCUT2D eigenvalue weighted by Gasteiger charge is 2.28. The molecule has 2 amide bonds. The van der Waals surface area contributed by atoms with Crippen LogP contribution in [-0.2, 0) is 4.79 Å². The van der Waals surface area contributed by atoms with Gasteiger partial charge >= 0.3 is 0 Å². The largest absolute Gasteiger partial charge is 0.337 e. The number of hydrogen-bond donors (Lipinski definition) is 1. The molecule has 1 fully saturated rings. The fourth-order valence-corrected chi connectivity index (χ4v) is 3.99. The number of aryl methyl sites for hydroxylation is 3. The lowest BCUT2D eigenvalue weighted by atomic mass is 9.95. The van der Waals surface area contributed by atoms with Gasteiger partial charge in [-0.1, -0.05) is 6.07 Å². The Morgan fingerprint density at radius 3 is 2.29 bits per heavy atom. The number of hydrogen-bond acceptors (Lipinski definition) is 4. The molecule has 1 aromatic carbocycles. The quantitative estimate of drug-likeness (QED) is 0.702. The van der Waals surface area contributed by atoms with Crippen molar-refractivity contribution in [3.05, 3.63) is 71.3 Å². The summed E-state index contributed by atoms with van der Waals surface area (Å²) in [5, 5.41) is 7.49. The van der Waals surface area contributed by atoms with E-state index in [0.29, 0.717) is 31.6 Å². The summed E-state index contributed by atoms with van der Waals surface area (Å²) in [6, 6.07) is 15.2. The van der Waals surface area contributed by atoms with Crippen LogP contribution in [0, 0.1) is 26.7 Å². The molecule has 0 aliphatic carbocycles. The van der Waals surface area contributed by atoms with Gasteiger partial charge in [-0.15, -0.1) is 0 Å². The zero-order chi connectivity index (χ0) is 22.0. The SMILES string of the molecule is Cc1cccc(C(=O)N2CCC(C(=O)Nc3ccc(-n4nc(C)cc4C)cc3)CC2)n1. The summed E-state index contributed by atoms with van der Waals surface area (Å²) in [7, 11) is 0. The molecule has 1 aliphatic rings. The minimum absolute atomic E-state index is 0.000330. The first-order valence-corrected chi connectivity index (χ1v) is 10.6. The Morgan fingerprint density at radius 2 is 1.68 bits per heavy atom. The number of anilines is 1. The Morgan fingerprint density at radius 1 is 0.968 bits per heavy atom. The lowest BCUT2D eigenvalue weighted by Crippen LogP contribution is -2.41. The molecule has 0 saturated carbocycles. The molecule has 2 aromatic heterocycles. The van der Waals surface area contributed by atoms with Gasteiger partial charge in [0.2, 0.25) is 5.91 Å². The molecule has 7 heteroatoms. The summed E-state index contributed by atoms with van der Waals surface area (Å²) in [6.45, 7) is 6.97. The van der Waals surface area contributed by atoms with Crippen LogP contribution in [0.3, 0.4) is 0 Å². The van der Waals surface area contributed by atoms with E-state index in [2.05, 4.69) is 15.4 Å². The molecular weight excluding hydrogens is 390 g/mol. The fourth-order valence-electron chi connectivity index (χ4n) is 3.99. The third-order valence-corrected chi connectivity index (χ3v) is 5.65. The molecule has 1 aliphatic heterocycles. The van der Waals surface area contributed by atoms with E-state index in [0.717, 1.165) is 28.5 Å². The summed E-state index contributed by atoms with van der Waals surface area (Å²) >= 11 is 0. The van der Waals surface area contributed by atoms with Crippen LogP contribution in [0.5, 0.6) is 0 Å².